The van der Waals surface area contributed by atoms with Crippen molar-refractivity contribution in [1.82, 2.24) is 0 Å². The van der Waals surface area contributed by atoms with Gasteiger partial charge in [-0.05, 0) is 147 Å². The molecule has 6 rings (SSSR count). The van der Waals surface area contributed by atoms with Gasteiger partial charge in [-0.25, -0.2) is 4.79 Å². The molecule has 3 nitrogen and oxygen atoms in total. The maximum Gasteiger partial charge on any atom is 0.417 e. The van der Waals surface area contributed by atoms with Gasteiger partial charge in [0.15, 0.2) is 5.60 Å². The van der Waals surface area contributed by atoms with Gasteiger partial charge in [-0.2, -0.15) is 13.2 Å². The van der Waals surface area contributed by atoms with Gasteiger partial charge >= 0.3 is 12.1 Å². The quantitative estimate of drug-likeness (QED) is 0.227. The second-order valence-corrected chi connectivity index (χ2v) is 16.8. The van der Waals surface area contributed by atoms with Crippen molar-refractivity contribution in [2.24, 2.45) is 51.8 Å². The minimum Gasteiger partial charge on any atom is -0.458 e. The topological polar surface area (TPSA) is 46.5 Å². The third-order valence-electron chi connectivity index (χ3n) is 15.1. The van der Waals surface area contributed by atoms with Crippen molar-refractivity contribution >= 4 is 5.97 Å². The van der Waals surface area contributed by atoms with E-state index in [9.17, 15) is 23.1 Å². The number of allylic oxidation sites excluding steroid dienone is 1. The average molecular weight is 643 g/mol. The van der Waals surface area contributed by atoms with Crippen LogP contribution in [0.2, 0.25) is 0 Å². The Bertz CT molecular complexity index is 1240. The van der Waals surface area contributed by atoms with E-state index in [1.807, 2.05) is 30.3 Å². The molecule has 5 saturated carbocycles. The van der Waals surface area contributed by atoms with Crippen molar-refractivity contribution in [1.29, 1.82) is 0 Å². The molecule has 0 bridgehead atoms. The molecular formula is C40H57F3O3. The SMILES string of the molecule is C=CC12CC[C@@]3(C)C(CCC3[C@H](C)CC[C@H](OC(=O)c3ccccc3)C3CCCCC3)C1CC[C@H]1C[C@](O)(C(F)(F)F)CC[C@@]12C. The molecule has 256 valence electrons. The van der Waals surface area contributed by atoms with Gasteiger partial charge < -0.3 is 9.84 Å². The number of rotatable bonds is 8. The molecule has 0 spiro atoms. The van der Waals surface area contributed by atoms with E-state index >= 15 is 0 Å². The standard InChI is InChI=1S/C40H57F3O3/c1-5-38-24-22-36(3)31(19-20-32(36)33(38)18-17-30-26-39(45,40(41,42)43)25-23-37(30,38)4)27(2)16-21-34(28-12-8-6-9-13-28)46-35(44)29-14-10-7-11-15-29/h5,7,10-11,14-15,27-28,30-34,45H,1,6,8-9,12-13,16-26H2,2-4H3/t27-,30+,31?,32?,33?,34+,36-,37+,38?,39+/m1/s1. The molecule has 0 saturated heterocycles. The second kappa shape index (κ2) is 12.6. The fourth-order valence-corrected chi connectivity index (χ4v) is 12.3. The van der Waals surface area contributed by atoms with Crippen LogP contribution in [0.4, 0.5) is 13.2 Å². The third-order valence-corrected chi connectivity index (χ3v) is 15.1. The number of benzene rings is 1. The molecule has 1 aromatic rings. The smallest absolute Gasteiger partial charge is 0.417 e. The van der Waals surface area contributed by atoms with Crippen molar-refractivity contribution < 1.29 is 27.8 Å². The number of aliphatic hydroxyl groups is 1. The molecule has 5 fully saturated rings. The van der Waals surface area contributed by atoms with E-state index < -0.39 is 11.8 Å². The zero-order valence-electron chi connectivity index (χ0n) is 28.4. The summed E-state index contributed by atoms with van der Waals surface area (Å²) < 4.78 is 48.1. The predicted octanol–water partition coefficient (Wildman–Crippen LogP) is 10.7. The number of ether oxygens (including phenoxy) is 1. The normalized spacial score (nSPS) is 41.0. The van der Waals surface area contributed by atoms with Crippen LogP contribution in [0, 0.1) is 51.8 Å². The number of halogens is 3. The summed E-state index contributed by atoms with van der Waals surface area (Å²) in [6, 6.07) is 9.38. The summed E-state index contributed by atoms with van der Waals surface area (Å²) in [5, 5.41) is 10.7. The van der Waals surface area contributed by atoms with Gasteiger partial charge in [0.25, 0.3) is 0 Å². The van der Waals surface area contributed by atoms with Crippen LogP contribution < -0.4 is 0 Å². The van der Waals surface area contributed by atoms with Crippen LogP contribution in [-0.4, -0.2) is 29.0 Å². The molecule has 10 atom stereocenters. The Labute approximate surface area is 275 Å². The van der Waals surface area contributed by atoms with Crippen molar-refractivity contribution in [2.75, 3.05) is 0 Å². The molecule has 1 N–H and O–H groups in total. The van der Waals surface area contributed by atoms with Crippen LogP contribution >= 0.6 is 0 Å². The van der Waals surface area contributed by atoms with E-state index in [1.165, 1.54) is 32.1 Å². The Morgan fingerprint density at radius 1 is 0.957 bits per heavy atom. The molecule has 1 aromatic carbocycles. The number of fused-ring (bicyclic) bond motifs is 5. The molecule has 5 aliphatic carbocycles. The van der Waals surface area contributed by atoms with Crippen LogP contribution in [-0.2, 0) is 4.74 Å². The van der Waals surface area contributed by atoms with Crippen LogP contribution in [0.15, 0.2) is 43.0 Å². The number of carbonyl (C=O) groups is 1. The Kier molecular flexibility index (Phi) is 9.31. The summed E-state index contributed by atoms with van der Waals surface area (Å²) in [7, 11) is 0. The maximum atomic E-state index is 13.9. The van der Waals surface area contributed by atoms with Gasteiger partial charge in [0.1, 0.15) is 6.10 Å². The largest absolute Gasteiger partial charge is 0.458 e. The number of alkyl halides is 3. The number of hydrogen-bond acceptors (Lipinski definition) is 3. The highest BCUT2D eigenvalue weighted by Crippen LogP contribution is 2.74. The van der Waals surface area contributed by atoms with Gasteiger partial charge in [-0.1, -0.05) is 64.3 Å². The molecule has 46 heavy (non-hydrogen) atoms. The van der Waals surface area contributed by atoms with E-state index in [-0.39, 0.29) is 47.1 Å². The van der Waals surface area contributed by atoms with E-state index in [1.54, 1.807) is 0 Å². The lowest BCUT2D eigenvalue weighted by Crippen LogP contribution is -2.63. The van der Waals surface area contributed by atoms with Crippen molar-refractivity contribution in [3.05, 3.63) is 48.6 Å². The fourth-order valence-electron chi connectivity index (χ4n) is 12.3. The van der Waals surface area contributed by atoms with Crippen LogP contribution in [0.3, 0.4) is 0 Å². The molecule has 0 aromatic heterocycles. The third kappa shape index (κ3) is 5.58. The summed E-state index contributed by atoms with van der Waals surface area (Å²) in [4.78, 5) is 13.1. The van der Waals surface area contributed by atoms with E-state index in [0.29, 0.717) is 41.6 Å². The van der Waals surface area contributed by atoms with Gasteiger partial charge in [0.05, 0.1) is 5.56 Å². The first-order valence-corrected chi connectivity index (χ1v) is 18.5. The first-order valence-electron chi connectivity index (χ1n) is 18.5. The molecule has 0 radical (unpaired) electrons. The van der Waals surface area contributed by atoms with E-state index in [4.69, 9.17) is 4.74 Å². The summed E-state index contributed by atoms with van der Waals surface area (Å²) in [6.45, 7) is 11.6. The van der Waals surface area contributed by atoms with Gasteiger partial charge in [0, 0.05) is 0 Å². The zero-order chi connectivity index (χ0) is 33.0. The highest BCUT2D eigenvalue weighted by molar-refractivity contribution is 5.89. The minimum absolute atomic E-state index is 0.0443. The summed E-state index contributed by atoms with van der Waals surface area (Å²) in [5.74, 6) is 2.16. The van der Waals surface area contributed by atoms with Crippen LogP contribution in [0.25, 0.3) is 0 Å². The van der Waals surface area contributed by atoms with Crippen molar-refractivity contribution in [3.8, 4) is 0 Å². The number of esters is 1. The minimum atomic E-state index is -4.58. The highest BCUT2D eigenvalue weighted by atomic mass is 19.4. The zero-order valence-corrected chi connectivity index (χ0v) is 28.4. The average Bonchev–Trinajstić information content (AvgIpc) is 3.40. The number of carbonyl (C=O) groups excluding carboxylic acids is 1. The molecule has 4 unspecified atom stereocenters. The Balaban J connectivity index is 1.16. The first kappa shape index (κ1) is 34.1. The molecule has 5 aliphatic rings. The summed E-state index contributed by atoms with van der Waals surface area (Å²) in [6.07, 6.45) is 11.6. The second-order valence-electron chi connectivity index (χ2n) is 16.8. The van der Waals surface area contributed by atoms with Crippen LogP contribution in [0.5, 0.6) is 0 Å². The predicted molar refractivity (Wildman–Crippen MR) is 176 cm³/mol. The van der Waals surface area contributed by atoms with Gasteiger partial charge in [0.2, 0.25) is 0 Å². The molecule has 0 heterocycles. The molecule has 0 aliphatic heterocycles. The first-order chi connectivity index (χ1) is 21.8. The lowest BCUT2D eigenvalue weighted by molar-refractivity contribution is -0.295. The Hall–Kier alpha value is -1.82. The molecular weight excluding hydrogens is 585 g/mol. The maximum absolute atomic E-state index is 13.9. The molecule has 6 heteroatoms. The van der Waals surface area contributed by atoms with Gasteiger partial charge in [-0.3, -0.25) is 0 Å². The van der Waals surface area contributed by atoms with E-state index in [2.05, 4.69) is 33.4 Å². The summed E-state index contributed by atoms with van der Waals surface area (Å²) in [5.41, 5.74) is -2.19. The monoisotopic (exact) mass is 642 g/mol. The summed E-state index contributed by atoms with van der Waals surface area (Å²) >= 11 is 0. The lowest BCUT2D eigenvalue weighted by atomic mass is 9.37. The van der Waals surface area contributed by atoms with Crippen molar-refractivity contribution in [3.63, 3.8) is 0 Å². The Morgan fingerprint density at radius 3 is 2.33 bits per heavy atom. The Morgan fingerprint density at radius 2 is 1.65 bits per heavy atom. The lowest BCUT2D eigenvalue weighted by Gasteiger charge is -2.68. The van der Waals surface area contributed by atoms with Crippen LogP contribution in [0.1, 0.15) is 134 Å². The highest BCUT2D eigenvalue weighted by Gasteiger charge is 2.69. The number of hydrogen-bond donors (Lipinski definition) is 1. The van der Waals surface area contributed by atoms with E-state index in [0.717, 1.165) is 51.4 Å². The molecule has 0 amide bonds. The fraction of sp³-hybridized carbons (Fsp3) is 0.775. The van der Waals surface area contributed by atoms with Gasteiger partial charge in [-0.15, -0.1) is 6.58 Å². The van der Waals surface area contributed by atoms with Crippen molar-refractivity contribution in [2.45, 2.75) is 141 Å².